The van der Waals surface area contributed by atoms with Gasteiger partial charge in [0.05, 0.1) is 0 Å². The lowest BCUT2D eigenvalue weighted by molar-refractivity contribution is -0.164. The molecule has 78 valence electrons. The minimum absolute atomic E-state index is 0.0678. The van der Waals surface area contributed by atoms with E-state index >= 15 is 0 Å². The summed E-state index contributed by atoms with van der Waals surface area (Å²) in [5.74, 6) is -2.35. The molecule has 0 bridgehead atoms. The third-order valence-corrected chi connectivity index (χ3v) is 1.31. The SMILES string of the molecule is CC(=O)C(C)OC(=O)COC(=O)C=O. The second kappa shape index (κ2) is 5.85. The molecule has 0 aromatic heterocycles. The third-order valence-electron chi connectivity index (χ3n) is 1.31. The molecule has 1 unspecified atom stereocenters. The van der Waals surface area contributed by atoms with Crippen LogP contribution >= 0.6 is 0 Å². The fraction of sp³-hybridized carbons (Fsp3) is 0.500. The number of aldehydes is 1. The van der Waals surface area contributed by atoms with Gasteiger partial charge in [-0.25, -0.2) is 9.59 Å². The van der Waals surface area contributed by atoms with Crippen molar-refractivity contribution in [3.8, 4) is 0 Å². The topological polar surface area (TPSA) is 86.7 Å². The maximum Gasteiger partial charge on any atom is 0.371 e. The van der Waals surface area contributed by atoms with Crippen molar-refractivity contribution in [1.82, 2.24) is 0 Å². The number of Topliss-reactive ketones (excluding diaryl/α,β-unsaturated/α-hetero) is 1. The molecule has 0 aromatic rings. The molecule has 0 amide bonds. The standard InChI is InChI=1S/C8H10O6/c1-5(10)6(2)14-8(12)4-13-7(11)3-9/h3,6H,4H2,1-2H3. The van der Waals surface area contributed by atoms with Gasteiger partial charge < -0.3 is 9.47 Å². The van der Waals surface area contributed by atoms with Gasteiger partial charge in [-0.1, -0.05) is 0 Å². The molecule has 0 aliphatic carbocycles. The highest BCUT2D eigenvalue weighted by Gasteiger charge is 2.14. The van der Waals surface area contributed by atoms with E-state index in [1.807, 2.05) is 0 Å². The van der Waals surface area contributed by atoms with Crippen LogP contribution in [0.2, 0.25) is 0 Å². The fourth-order valence-electron chi connectivity index (χ4n) is 0.478. The molecule has 0 radical (unpaired) electrons. The first-order valence-corrected chi connectivity index (χ1v) is 3.79. The van der Waals surface area contributed by atoms with Crippen molar-refractivity contribution in [3.05, 3.63) is 0 Å². The molecule has 0 rings (SSSR count). The highest BCUT2D eigenvalue weighted by atomic mass is 16.6. The summed E-state index contributed by atoms with van der Waals surface area (Å²) in [6.07, 6.45) is -0.945. The minimum atomic E-state index is -1.16. The smallest absolute Gasteiger partial charge is 0.371 e. The van der Waals surface area contributed by atoms with Gasteiger partial charge in [0, 0.05) is 0 Å². The zero-order valence-corrected chi connectivity index (χ0v) is 7.81. The Labute approximate surface area is 80.2 Å². The number of esters is 2. The molecule has 0 saturated heterocycles. The largest absolute Gasteiger partial charge is 0.452 e. The lowest BCUT2D eigenvalue weighted by Gasteiger charge is -2.08. The second-order valence-corrected chi connectivity index (χ2v) is 2.47. The second-order valence-electron chi connectivity index (χ2n) is 2.47. The summed E-state index contributed by atoms with van der Waals surface area (Å²) in [4.78, 5) is 41.5. The van der Waals surface area contributed by atoms with Gasteiger partial charge >= 0.3 is 11.9 Å². The van der Waals surface area contributed by atoms with Crippen LogP contribution in [0.15, 0.2) is 0 Å². The summed E-state index contributed by atoms with van der Waals surface area (Å²) < 4.78 is 8.67. The van der Waals surface area contributed by atoms with Crippen molar-refractivity contribution >= 4 is 24.0 Å². The van der Waals surface area contributed by atoms with Gasteiger partial charge in [0.1, 0.15) is 0 Å². The van der Waals surface area contributed by atoms with E-state index < -0.39 is 24.6 Å². The van der Waals surface area contributed by atoms with Crippen LogP contribution in [-0.2, 0) is 28.7 Å². The molecular formula is C8H10O6. The van der Waals surface area contributed by atoms with E-state index in [-0.39, 0.29) is 12.1 Å². The van der Waals surface area contributed by atoms with Gasteiger partial charge in [0.25, 0.3) is 0 Å². The molecule has 6 heteroatoms. The highest BCUT2D eigenvalue weighted by molar-refractivity contribution is 6.20. The molecule has 0 spiro atoms. The molecule has 0 aromatic carbocycles. The number of hydrogen-bond donors (Lipinski definition) is 0. The van der Waals surface area contributed by atoms with Gasteiger partial charge in [0.2, 0.25) is 6.29 Å². The zero-order valence-electron chi connectivity index (χ0n) is 7.81. The zero-order chi connectivity index (χ0) is 11.1. The number of carbonyl (C=O) groups is 4. The van der Waals surface area contributed by atoms with Crippen LogP contribution in [0.5, 0.6) is 0 Å². The van der Waals surface area contributed by atoms with Gasteiger partial charge in [-0.05, 0) is 13.8 Å². The average Bonchev–Trinajstić information content (AvgIpc) is 2.13. The molecule has 14 heavy (non-hydrogen) atoms. The third kappa shape index (κ3) is 5.02. The predicted octanol–water partition coefficient (Wildman–Crippen LogP) is -0.751. The molecular weight excluding hydrogens is 192 g/mol. The van der Waals surface area contributed by atoms with E-state index in [4.69, 9.17) is 0 Å². The van der Waals surface area contributed by atoms with Crippen molar-refractivity contribution in [1.29, 1.82) is 0 Å². The highest BCUT2D eigenvalue weighted by Crippen LogP contribution is 1.93. The van der Waals surface area contributed by atoms with Crippen molar-refractivity contribution in [3.63, 3.8) is 0 Å². The minimum Gasteiger partial charge on any atom is -0.452 e. The molecule has 6 nitrogen and oxygen atoms in total. The van der Waals surface area contributed by atoms with Crippen molar-refractivity contribution in [2.45, 2.75) is 20.0 Å². The van der Waals surface area contributed by atoms with Gasteiger partial charge in [-0.3, -0.25) is 9.59 Å². The average molecular weight is 202 g/mol. The van der Waals surface area contributed by atoms with Gasteiger partial charge in [-0.15, -0.1) is 0 Å². The molecule has 0 fully saturated rings. The van der Waals surface area contributed by atoms with E-state index in [9.17, 15) is 19.2 Å². The van der Waals surface area contributed by atoms with Crippen LogP contribution in [0.4, 0.5) is 0 Å². The van der Waals surface area contributed by atoms with E-state index in [0.29, 0.717) is 0 Å². The summed E-state index contributed by atoms with van der Waals surface area (Å²) in [6, 6.07) is 0. The van der Waals surface area contributed by atoms with Crippen molar-refractivity contribution < 1.29 is 28.7 Å². The number of ketones is 1. The van der Waals surface area contributed by atoms with E-state index in [0.717, 1.165) is 0 Å². The first-order valence-electron chi connectivity index (χ1n) is 3.79. The Morgan fingerprint density at radius 1 is 1.36 bits per heavy atom. The maximum atomic E-state index is 10.8. The predicted molar refractivity (Wildman–Crippen MR) is 43.3 cm³/mol. The van der Waals surface area contributed by atoms with Crippen LogP contribution in [0, 0.1) is 0 Å². The van der Waals surface area contributed by atoms with E-state index in [2.05, 4.69) is 9.47 Å². The Bertz CT molecular complexity index is 257. The van der Waals surface area contributed by atoms with Crippen molar-refractivity contribution in [2.75, 3.05) is 6.61 Å². The number of rotatable bonds is 5. The van der Waals surface area contributed by atoms with Crippen LogP contribution in [0.25, 0.3) is 0 Å². The fourth-order valence-corrected chi connectivity index (χ4v) is 0.478. The number of hydrogen-bond acceptors (Lipinski definition) is 6. The van der Waals surface area contributed by atoms with Crippen LogP contribution in [-0.4, -0.2) is 36.7 Å². The molecule has 0 N–H and O–H groups in total. The van der Waals surface area contributed by atoms with Gasteiger partial charge in [0.15, 0.2) is 18.5 Å². The Morgan fingerprint density at radius 3 is 2.36 bits per heavy atom. The Kier molecular flexibility index (Phi) is 5.13. The van der Waals surface area contributed by atoms with Crippen molar-refractivity contribution in [2.24, 2.45) is 0 Å². The first-order chi connectivity index (χ1) is 6.47. The summed E-state index contributed by atoms with van der Waals surface area (Å²) in [7, 11) is 0. The quantitative estimate of drug-likeness (QED) is 0.331. The Hall–Kier alpha value is -1.72. The lowest BCUT2D eigenvalue weighted by Crippen LogP contribution is -2.25. The summed E-state index contributed by atoms with van der Waals surface area (Å²) >= 11 is 0. The van der Waals surface area contributed by atoms with Gasteiger partial charge in [-0.2, -0.15) is 0 Å². The molecule has 0 aliphatic rings. The molecule has 0 aliphatic heterocycles. The maximum absolute atomic E-state index is 10.8. The Balaban J connectivity index is 3.82. The van der Waals surface area contributed by atoms with E-state index in [1.54, 1.807) is 0 Å². The lowest BCUT2D eigenvalue weighted by atomic mass is 10.3. The van der Waals surface area contributed by atoms with E-state index in [1.165, 1.54) is 13.8 Å². The summed E-state index contributed by atoms with van der Waals surface area (Å²) in [6.45, 7) is 1.98. The number of carbonyl (C=O) groups excluding carboxylic acids is 4. The number of ether oxygens (including phenoxy) is 2. The van der Waals surface area contributed by atoms with Crippen LogP contribution in [0.3, 0.4) is 0 Å². The molecule has 1 atom stereocenters. The summed E-state index contributed by atoms with van der Waals surface area (Å²) in [5.41, 5.74) is 0. The first kappa shape index (κ1) is 12.3. The normalized spacial score (nSPS) is 11.3. The summed E-state index contributed by atoms with van der Waals surface area (Å²) in [5, 5.41) is 0. The van der Waals surface area contributed by atoms with Crippen LogP contribution < -0.4 is 0 Å². The monoisotopic (exact) mass is 202 g/mol. The molecule has 0 heterocycles. The Morgan fingerprint density at radius 2 is 1.93 bits per heavy atom. The van der Waals surface area contributed by atoms with Crippen LogP contribution in [0.1, 0.15) is 13.8 Å². The molecule has 0 saturated carbocycles.